The number of rotatable bonds is 4. The van der Waals surface area contributed by atoms with Crippen LogP contribution in [0.1, 0.15) is 52.9 Å². The molecule has 134 valence electrons. The average Bonchev–Trinajstić information content (AvgIpc) is 3.28. The van der Waals surface area contributed by atoms with Crippen LogP contribution in [0, 0.1) is 17.1 Å². The van der Waals surface area contributed by atoms with E-state index in [0.717, 1.165) is 35.3 Å². The van der Waals surface area contributed by atoms with Crippen molar-refractivity contribution in [1.29, 1.82) is 5.26 Å². The molecule has 1 unspecified atom stereocenters. The fourth-order valence-corrected chi connectivity index (χ4v) is 4.75. The topological polar surface area (TPSA) is 33.0 Å². The smallest absolute Gasteiger partial charge is 0.130 e. The summed E-state index contributed by atoms with van der Waals surface area (Å²) in [5.41, 5.74) is 4.84. The van der Waals surface area contributed by atoms with Gasteiger partial charge in [-0.25, -0.2) is 4.39 Å². The minimum Gasteiger partial charge on any atom is -0.486 e. The van der Waals surface area contributed by atoms with Gasteiger partial charge in [0.05, 0.1) is 0 Å². The first-order chi connectivity index (χ1) is 13.2. The van der Waals surface area contributed by atoms with E-state index in [-0.39, 0.29) is 11.9 Å². The fraction of sp³-hybridized carbons (Fsp3) is 0.261. The number of hydrogen-bond donors (Lipinski definition) is 0. The molecule has 1 aromatic heterocycles. The van der Waals surface area contributed by atoms with Crippen molar-refractivity contribution in [3.8, 4) is 22.9 Å². The third-order valence-corrected chi connectivity index (χ3v) is 6.37. The first kappa shape index (κ1) is 16.5. The molecule has 2 aromatic carbocycles. The summed E-state index contributed by atoms with van der Waals surface area (Å²) < 4.78 is 20.8. The lowest BCUT2D eigenvalue weighted by atomic mass is 9.96. The minimum atomic E-state index is -0.282. The summed E-state index contributed by atoms with van der Waals surface area (Å²) in [6.45, 7) is 0. The molecule has 0 bridgehead atoms. The second-order valence-corrected chi connectivity index (χ2v) is 8.17. The van der Waals surface area contributed by atoms with Crippen LogP contribution < -0.4 is 4.74 Å². The van der Waals surface area contributed by atoms with Crippen LogP contribution in [0.3, 0.4) is 0 Å². The first-order valence-electron chi connectivity index (χ1n) is 9.30. The normalized spacial score (nSPS) is 18.1. The zero-order valence-corrected chi connectivity index (χ0v) is 15.6. The van der Waals surface area contributed by atoms with Gasteiger partial charge in [-0.15, -0.1) is 11.3 Å². The SMILES string of the molecule is N#Cc1sccc1-c1ccc(F)c2c1CCC2Oc1ccc(C2CC2)cc1. The Morgan fingerprint density at radius 3 is 2.56 bits per heavy atom. The van der Waals surface area contributed by atoms with Crippen molar-refractivity contribution in [3.05, 3.63) is 75.2 Å². The van der Waals surface area contributed by atoms with Crippen LogP contribution in [-0.2, 0) is 6.42 Å². The Hall–Kier alpha value is -2.64. The van der Waals surface area contributed by atoms with Crippen LogP contribution in [0.4, 0.5) is 4.39 Å². The standard InChI is InChI=1S/C23H18FNOS/c24-20-9-7-17(18-11-12-27-22(18)13-25)19-8-10-21(23(19)20)26-16-5-3-15(4-6-16)14-1-2-14/h3-7,9,11-12,14,21H,1-2,8,10H2. The third-order valence-electron chi connectivity index (χ3n) is 5.55. The summed E-state index contributed by atoms with van der Waals surface area (Å²) in [5.74, 6) is 1.28. The Bertz CT molecular complexity index is 1040. The molecule has 27 heavy (non-hydrogen) atoms. The highest BCUT2D eigenvalue weighted by atomic mass is 32.1. The zero-order valence-electron chi connectivity index (χ0n) is 14.7. The molecule has 0 N–H and O–H groups in total. The van der Waals surface area contributed by atoms with Crippen molar-refractivity contribution in [1.82, 2.24) is 0 Å². The number of benzene rings is 2. The molecule has 1 heterocycles. The number of fused-ring (bicyclic) bond motifs is 1. The van der Waals surface area contributed by atoms with Gasteiger partial charge in [0.1, 0.15) is 28.6 Å². The highest BCUT2D eigenvalue weighted by Crippen LogP contribution is 2.44. The number of nitrogens with zero attached hydrogens (tertiary/aromatic N) is 1. The maximum Gasteiger partial charge on any atom is 0.130 e. The van der Waals surface area contributed by atoms with E-state index in [2.05, 4.69) is 18.2 Å². The van der Waals surface area contributed by atoms with Gasteiger partial charge >= 0.3 is 0 Å². The fourth-order valence-electron chi connectivity index (χ4n) is 4.05. The van der Waals surface area contributed by atoms with E-state index in [0.29, 0.717) is 16.4 Å². The molecule has 0 spiro atoms. The predicted octanol–water partition coefficient (Wildman–Crippen LogP) is 6.37. The summed E-state index contributed by atoms with van der Waals surface area (Å²) >= 11 is 1.42. The van der Waals surface area contributed by atoms with Crippen LogP contribution in [0.15, 0.2) is 47.8 Å². The van der Waals surface area contributed by atoms with Crippen LogP contribution >= 0.6 is 11.3 Å². The molecule has 4 heteroatoms. The van der Waals surface area contributed by atoms with Crippen molar-refractivity contribution in [2.75, 3.05) is 0 Å². The molecule has 1 atom stereocenters. The summed E-state index contributed by atoms with van der Waals surface area (Å²) in [7, 11) is 0. The molecular formula is C23H18FNOS. The minimum absolute atomic E-state index is 0.223. The lowest BCUT2D eigenvalue weighted by Crippen LogP contribution is -2.06. The number of nitriles is 1. The van der Waals surface area contributed by atoms with Crippen molar-refractivity contribution < 1.29 is 9.13 Å². The van der Waals surface area contributed by atoms with Gasteiger partial charge in [-0.05, 0) is 77.9 Å². The van der Waals surface area contributed by atoms with Crippen LogP contribution in [0.25, 0.3) is 11.1 Å². The van der Waals surface area contributed by atoms with Gasteiger partial charge in [0.25, 0.3) is 0 Å². The lowest BCUT2D eigenvalue weighted by Gasteiger charge is -2.17. The van der Waals surface area contributed by atoms with E-state index < -0.39 is 0 Å². The van der Waals surface area contributed by atoms with Crippen LogP contribution in [-0.4, -0.2) is 0 Å². The van der Waals surface area contributed by atoms with E-state index in [1.165, 1.54) is 35.8 Å². The van der Waals surface area contributed by atoms with E-state index in [1.807, 2.05) is 23.6 Å². The molecule has 5 rings (SSSR count). The number of ether oxygens (including phenoxy) is 1. The first-order valence-corrected chi connectivity index (χ1v) is 10.2. The quantitative estimate of drug-likeness (QED) is 0.531. The monoisotopic (exact) mass is 375 g/mol. The van der Waals surface area contributed by atoms with Crippen molar-refractivity contribution in [2.24, 2.45) is 0 Å². The molecule has 2 aliphatic rings. The Balaban J connectivity index is 1.47. The molecule has 1 saturated carbocycles. The second kappa shape index (κ2) is 6.51. The van der Waals surface area contributed by atoms with Gasteiger partial charge in [0, 0.05) is 11.1 Å². The van der Waals surface area contributed by atoms with Crippen LogP contribution in [0.2, 0.25) is 0 Å². The molecule has 0 aliphatic heterocycles. The number of halogens is 1. The average molecular weight is 375 g/mol. The van der Waals surface area contributed by atoms with E-state index in [4.69, 9.17) is 4.74 Å². The van der Waals surface area contributed by atoms with Crippen molar-refractivity contribution >= 4 is 11.3 Å². The number of hydrogen-bond acceptors (Lipinski definition) is 3. The van der Waals surface area contributed by atoms with Crippen molar-refractivity contribution in [3.63, 3.8) is 0 Å². The maximum absolute atomic E-state index is 14.7. The van der Waals surface area contributed by atoms with E-state index in [9.17, 15) is 9.65 Å². The molecule has 0 saturated heterocycles. The summed E-state index contributed by atoms with van der Waals surface area (Å²) in [6, 6.07) is 15.7. The highest BCUT2D eigenvalue weighted by Gasteiger charge is 2.31. The maximum atomic E-state index is 14.7. The predicted molar refractivity (Wildman–Crippen MR) is 105 cm³/mol. The van der Waals surface area contributed by atoms with E-state index in [1.54, 1.807) is 6.07 Å². The lowest BCUT2D eigenvalue weighted by molar-refractivity contribution is 0.203. The van der Waals surface area contributed by atoms with Gasteiger partial charge in [-0.3, -0.25) is 0 Å². The van der Waals surface area contributed by atoms with Gasteiger partial charge < -0.3 is 4.74 Å². The van der Waals surface area contributed by atoms with Gasteiger partial charge in [-0.2, -0.15) is 5.26 Å². The largest absolute Gasteiger partial charge is 0.486 e. The second-order valence-electron chi connectivity index (χ2n) is 7.25. The Morgan fingerprint density at radius 2 is 1.81 bits per heavy atom. The molecule has 3 aromatic rings. The Morgan fingerprint density at radius 1 is 1.00 bits per heavy atom. The molecule has 0 radical (unpaired) electrons. The summed E-state index contributed by atoms with van der Waals surface area (Å²) in [5, 5.41) is 11.3. The molecular weight excluding hydrogens is 357 g/mol. The van der Waals surface area contributed by atoms with Gasteiger partial charge in [0.15, 0.2) is 0 Å². The molecule has 0 amide bonds. The van der Waals surface area contributed by atoms with Crippen LogP contribution in [0.5, 0.6) is 5.75 Å². The third kappa shape index (κ3) is 2.93. The van der Waals surface area contributed by atoms with Gasteiger partial charge in [0.2, 0.25) is 0 Å². The molecule has 2 aliphatic carbocycles. The Kier molecular flexibility index (Phi) is 3.98. The molecule has 1 fully saturated rings. The summed E-state index contributed by atoms with van der Waals surface area (Å²) in [4.78, 5) is 0.670. The highest BCUT2D eigenvalue weighted by molar-refractivity contribution is 7.11. The zero-order chi connectivity index (χ0) is 18.4. The number of thiophene rings is 1. The Labute approximate surface area is 161 Å². The van der Waals surface area contributed by atoms with Gasteiger partial charge in [-0.1, -0.05) is 18.2 Å². The summed E-state index contributed by atoms with van der Waals surface area (Å²) in [6.07, 6.45) is 3.78. The van der Waals surface area contributed by atoms with Crippen molar-refractivity contribution in [2.45, 2.75) is 37.7 Å². The van der Waals surface area contributed by atoms with E-state index >= 15 is 0 Å². The molecule has 2 nitrogen and oxygen atoms in total.